The molecule has 0 saturated carbocycles. The van der Waals surface area contributed by atoms with E-state index in [1.807, 2.05) is 11.7 Å². The normalized spacial score (nSPS) is 8.89. The van der Waals surface area contributed by atoms with E-state index in [0.29, 0.717) is 5.17 Å². The highest BCUT2D eigenvalue weighted by Gasteiger charge is 1.96. The van der Waals surface area contributed by atoms with Gasteiger partial charge < -0.3 is 5.11 Å². The van der Waals surface area contributed by atoms with Gasteiger partial charge in [0.1, 0.15) is 0 Å². The minimum atomic E-state index is -0.786. The SMILES string of the molecule is O=C(O)c1cccc[siH]1. The summed E-state index contributed by atoms with van der Waals surface area (Å²) in [6, 6.07) is 5.28. The van der Waals surface area contributed by atoms with Crippen LogP contribution in [0.1, 0.15) is 9.97 Å². The molecule has 0 amide bonds. The molecule has 0 aliphatic rings. The Morgan fingerprint density at radius 2 is 2.33 bits per heavy atom. The molecule has 1 N–H and O–H groups in total. The van der Waals surface area contributed by atoms with Crippen LogP contribution in [-0.4, -0.2) is 20.2 Å². The van der Waals surface area contributed by atoms with Crippen LogP contribution in [0.15, 0.2) is 23.9 Å². The fraction of sp³-hybridized carbons (Fsp3) is 0. The Kier molecular flexibility index (Phi) is 1.74. The van der Waals surface area contributed by atoms with Crippen LogP contribution in [-0.2, 0) is 0 Å². The fourth-order valence-electron chi connectivity index (χ4n) is 0.581. The average Bonchev–Trinajstić information content (AvgIpc) is 1.90. The third-order valence-corrected chi connectivity index (χ3v) is 2.23. The van der Waals surface area contributed by atoms with Crippen LogP contribution in [0.4, 0.5) is 0 Å². The second-order valence-electron chi connectivity index (χ2n) is 1.67. The van der Waals surface area contributed by atoms with Gasteiger partial charge in [-0.3, -0.25) is 0 Å². The molecule has 1 aromatic heterocycles. The highest BCUT2D eigenvalue weighted by molar-refractivity contribution is 6.38. The van der Waals surface area contributed by atoms with Gasteiger partial charge in [0.25, 0.3) is 0 Å². The zero-order chi connectivity index (χ0) is 6.69. The van der Waals surface area contributed by atoms with Crippen LogP contribution in [0.25, 0.3) is 0 Å². The van der Waals surface area contributed by atoms with Crippen molar-refractivity contribution in [2.75, 3.05) is 0 Å². The molecule has 0 bridgehead atoms. The molecule has 0 aliphatic heterocycles. The lowest BCUT2D eigenvalue weighted by molar-refractivity contribution is 0.0701. The molecule has 3 heteroatoms. The summed E-state index contributed by atoms with van der Waals surface area (Å²) in [4.78, 5) is 10.3. The molecule has 1 heterocycles. The van der Waals surface area contributed by atoms with Crippen molar-refractivity contribution in [3.05, 3.63) is 29.1 Å². The highest BCUT2D eigenvalue weighted by Crippen LogP contribution is 1.90. The number of carboxylic acids is 1. The Labute approximate surface area is 54.9 Å². The quantitative estimate of drug-likeness (QED) is 0.572. The summed E-state index contributed by atoms with van der Waals surface area (Å²) >= 11 is 0. The van der Waals surface area contributed by atoms with Crippen LogP contribution >= 0.6 is 0 Å². The molecule has 0 spiro atoms. The molecule has 1 aromatic rings. The van der Waals surface area contributed by atoms with Gasteiger partial charge in [0.2, 0.25) is 0 Å². The van der Waals surface area contributed by atoms with Crippen LogP contribution in [0.3, 0.4) is 0 Å². The maximum Gasteiger partial charge on any atom is 0.330 e. The van der Waals surface area contributed by atoms with Crippen molar-refractivity contribution in [1.29, 1.82) is 0 Å². The van der Waals surface area contributed by atoms with Gasteiger partial charge in [0, 0.05) is 14.3 Å². The van der Waals surface area contributed by atoms with Gasteiger partial charge in [-0.25, -0.2) is 4.79 Å². The first-order chi connectivity index (χ1) is 4.30. The molecule has 0 radical (unpaired) electrons. The molecule has 46 valence electrons. The molecular formula is C6H6O2Si. The second-order valence-corrected chi connectivity index (χ2v) is 3.01. The second kappa shape index (κ2) is 2.55. The van der Waals surface area contributed by atoms with E-state index in [1.165, 1.54) is 0 Å². The Bertz CT molecular complexity index is 208. The molecule has 2 nitrogen and oxygen atoms in total. The van der Waals surface area contributed by atoms with Crippen LogP contribution < -0.4 is 0 Å². The van der Waals surface area contributed by atoms with Gasteiger partial charge >= 0.3 is 5.97 Å². The van der Waals surface area contributed by atoms with Crippen LogP contribution in [0.5, 0.6) is 0 Å². The summed E-state index contributed by atoms with van der Waals surface area (Å²) in [5.74, 6) is -0.786. The van der Waals surface area contributed by atoms with Gasteiger partial charge in [0.05, 0.1) is 0 Å². The lowest BCUT2D eigenvalue weighted by Crippen LogP contribution is -1.98. The maximum atomic E-state index is 10.3. The lowest BCUT2D eigenvalue weighted by atomic mass is 10.4. The summed E-state index contributed by atoms with van der Waals surface area (Å²) < 4.78 is 0. The summed E-state index contributed by atoms with van der Waals surface area (Å²) in [5.41, 5.74) is 1.91. The zero-order valence-corrected chi connectivity index (χ0v) is 5.90. The van der Waals surface area contributed by atoms with Crippen molar-refractivity contribution in [3.8, 4) is 0 Å². The summed E-state index contributed by atoms with van der Waals surface area (Å²) in [6.07, 6.45) is 0. The maximum absolute atomic E-state index is 10.3. The van der Waals surface area contributed by atoms with E-state index in [1.54, 1.807) is 12.1 Å². The summed E-state index contributed by atoms with van der Waals surface area (Å²) in [7, 11) is -0.126. The van der Waals surface area contributed by atoms with Gasteiger partial charge in [-0.1, -0.05) is 23.9 Å². The average molecular weight is 138 g/mol. The molecule has 1 rings (SSSR count). The van der Waals surface area contributed by atoms with Crippen molar-refractivity contribution < 1.29 is 9.90 Å². The van der Waals surface area contributed by atoms with Gasteiger partial charge in [0.15, 0.2) is 0 Å². The molecule has 0 atom stereocenters. The van der Waals surface area contributed by atoms with Crippen molar-refractivity contribution in [3.63, 3.8) is 0 Å². The predicted octanol–water partition coefficient (Wildman–Crippen LogP) is 0.455. The van der Waals surface area contributed by atoms with Gasteiger partial charge in [-0.2, -0.15) is 0 Å². The standard InChI is InChI=1S/C6H6O2Si/c7-6(8)5-3-1-2-4-9-5/h1-4,9H,(H,7,8). The predicted molar refractivity (Wildman–Crippen MR) is 36.1 cm³/mol. The fourth-order valence-corrected chi connectivity index (χ4v) is 1.39. The van der Waals surface area contributed by atoms with Crippen molar-refractivity contribution >= 4 is 15.1 Å². The number of carboxylic acid groups (broad SMARTS) is 1. The van der Waals surface area contributed by atoms with E-state index in [9.17, 15) is 4.79 Å². The largest absolute Gasteiger partial charge is 0.478 e. The van der Waals surface area contributed by atoms with E-state index in [4.69, 9.17) is 5.11 Å². The van der Waals surface area contributed by atoms with Crippen molar-refractivity contribution in [2.45, 2.75) is 0 Å². The van der Waals surface area contributed by atoms with Gasteiger partial charge in [-0.15, -0.1) is 0 Å². The monoisotopic (exact) mass is 138 g/mol. The van der Waals surface area contributed by atoms with E-state index in [0.717, 1.165) is 0 Å². The lowest BCUT2D eigenvalue weighted by Gasteiger charge is -1.88. The van der Waals surface area contributed by atoms with E-state index >= 15 is 0 Å². The zero-order valence-electron chi connectivity index (χ0n) is 4.74. The smallest absolute Gasteiger partial charge is 0.330 e. The third kappa shape index (κ3) is 1.47. The number of carbonyl (C=O) groups is 1. The number of aromatic carboxylic acids is 1. The summed E-state index contributed by atoms with van der Waals surface area (Å²) in [6.45, 7) is 0. The van der Waals surface area contributed by atoms with Crippen LogP contribution in [0.2, 0.25) is 0 Å². The number of rotatable bonds is 1. The third-order valence-electron chi connectivity index (χ3n) is 1.02. The topological polar surface area (TPSA) is 37.3 Å². The van der Waals surface area contributed by atoms with Gasteiger partial charge in [-0.05, 0) is 0 Å². The molecule has 0 aromatic carbocycles. The first-order valence-corrected chi connectivity index (χ1v) is 3.83. The molecular weight excluding hydrogens is 132 g/mol. The first-order valence-electron chi connectivity index (χ1n) is 2.59. The molecule has 0 aliphatic carbocycles. The molecule has 0 saturated heterocycles. The van der Waals surface area contributed by atoms with E-state index in [-0.39, 0.29) is 9.12 Å². The Balaban J connectivity index is 2.98. The molecule has 0 fully saturated rings. The van der Waals surface area contributed by atoms with E-state index < -0.39 is 5.97 Å². The Morgan fingerprint density at radius 3 is 2.67 bits per heavy atom. The molecule has 9 heavy (non-hydrogen) atoms. The Hall–Kier alpha value is -0.963. The van der Waals surface area contributed by atoms with Crippen molar-refractivity contribution in [2.24, 2.45) is 0 Å². The van der Waals surface area contributed by atoms with E-state index in [2.05, 4.69) is 0 Å². The summed E-state index contributed by atoms with van der Waals surface area (Å²) in [5, 5.41) is 8.98. The number of hydrogen-bond donors (Lipinski definition) is 1. The molecule has 0 unspecified atom stereocenters. The van der Waals surface area contributed by atoms with Crippen LogP contribution in [0, 0.1) is 0 Å². The number of hydrogen-bond acceptors (Lipinski definition) is 1. The van der Waals surface area contributed by atoms with Crippen molar-refractivity contribution in [1.82, 2.24) is 0 Å². The minimum absolute atomic E-state index is 0.126. The highest BCUT2D eigenvalue weighted by atomic mass is 28.2. The Morgan fingerprint density at radius 1 is 1.56 bits per heavy atom. The first kappa shape index (κ1) is 6.16. The minimum Gasteiger partial charge on any atom is -0.478 e.